The second-order valence-corrected chi connectivity index (χ2v) is 7.16. The van der Waals surface area contributed by atoms with Crippen molar-refractivity contribution in [3.63, 3.8) is 0 Å². The molecule has 3 heterocycles. The number of hydrogen-bond donors (Lipinski definition) is 2. The average molecular weight is 372 g/mol. The molecule has 0 bridgehead atoms. The molecule has 144 valence electrons. The van der Waals surface area contributed by atoms with Gasteiger partial charge in [-0.3, -0.25) is 9.59 Å². The Labute approximate surface area is 157 Å². The minimum absolute atomic E-state index is 0.0102. The second kappa shape index (κ2) is 7.66. The number of ether oxygens (including phenoxy) is 2. The monoisotopic (exact) mass is 372 g/mol. The average Bonchev–Trinajstić information content (AvgIpc) is 3.11. The lowest BCUT2D eigenvalue weighted by molar-refractivity contribution is -0.120. The van der Waals surface area contributed by atoms with Crippen molar-refractivity contribution in [1.82, 2.24) is 9.61 Å². The Morgan fingerprint density at radius 3 is 2.70 bits per heavy atom. The number of primary amides is 1. The van der Waals surface area contributed by atoms with Gasteiger partial charge >= 0.3 is 0 Å². The number of nitrogens with zero attached hydrogens (tertiary/aromatic N) is 2. The molecule has 1 saturated heterocycles. The number of carbonyl (C=O) groups excluding carboxylic acids is 2. The van der Waals surface area contributed by atoms with Crippen LogP contribution in [0.3, 0.4) is 0 Å². The van der Waals surface area contributed by atoms with E-state index in [0.29, 0.717) is 25.5 Å². The Bertz CT molecular complexity index is 851. The molecule has 2 amide bonds. The van der Waals surface area contributed by atoms with Crippen LogP contribution in [0.5, 0.6) is 0 Å². The summed E-state index contributed by atoms with van der Waals surface area (Å²) in [6.07, 6.45) is 6.39. The molecule has 0 aromatic carbocycles. The van der Waals surface area contributed by atoms with E-state index in [-0.39, 0.29) is 23.5 Å². The van der Waals surface area contributed by atoms with E-state index in [1.54, 1.807) is 16.8 Å². The van der Waals surface area contributed by atoms with Gasteiger partial charge in [0.1, 0.15) is 6.10 Å². The zero-order valence-electron chi connectivity index (χ0n) is 15.1. The fraction of sp³-hybridized carbons (Fsp3) is 0.526. The second-order valence-electron chi connectivity index (χ2n) is 7.16. The Kier molecular flexibility index (Phi) is 5.09. The van der Waals surface area contributed by atoms with Gasteiger partial charge < -0.3 is 20.5 Å². The lowest BCUT2D eigenvalue weighted by atomic mass is 9.88. The van der Waals surface area contributed by atoms with Crippen LogP contribution in [0.15, 0.2) is 18.3 Å². The lowest BCUT2D eigenvalue weighted by Gasteiger charge is -2.21. The van der Waals surface area contributed by atoms with Gasteiger partial charge in [0, 0.05) is 12.1 Å². The van der Waals surface area contributed by atoms with Crippen molar-refractivity contribution in [2.75, 3.05) is 25.1 Å². The summed E-state index contributed by atoms with van der Waals surface area (Å²) in [7, 11) is 0. The molecule has 2 fully saturated rings. The van der Waals surface area contributed by atoms with Gasteiger partial charge in [-0.1, -0.05) is 19.3 Å². The van der Waals surface area contributed by atoms with Crippen molar-refractivity contribution in [3.8, 4) is 0 Å². The summed E-state index contributed by atoms with van der Waals surface area (Å²) in [6, 6.07) is 3.61. The van der Waals surface area contributed by atoms with Crippen LogP contribution in [-0.2, 0) is 14.3 Å². The number of rotatable bonds is 4. The van der Waals surface area contributed by atoms with E-state index >= 15 is 0 Å². The number of aromatic nitrogens is 2. The van der Waals surface area contributed by atoms with Crippen LogP contribution in [0.25, 0.3) is 5.52 Å². The van der Waals surface area contributed by atoms with E-state index in [9.17, 15) is 9.59 Å². The molecule has 1 unspecified atom stereocenters. The summed E-state index contributed by atoms with van der Waals surface area (Å²) < 4.78 is 12.7. The molecule has 1 aliphatic carbocycles. The third kappa shape index (κ3) is 3.81. The topological polar surface area (TPSA) is 108 Å². The standard InChI is InChI=1S/C19H24N4O4/c20-18(24)14-10-23-13(9-16(22-23)17-11-26-6-7-27-17)8-15(14)21-19(25)12-4-2-1-3-5-12/h8-10,12,17H,1-7,11H2,(H2,20,24)(H,21,25). The highest BCUT2D eigenvalue weighted by atomic mass is 16.6. The number of anilines is 1. The Morgan fingerprint density at radius 2 is 2.00 bits per heavy atom. The van der Waals surface area contributed by atoms with Crippen LogP contribution < -0.4 is 11.1 Å². The predicted molar refractivity (Wildman–Crippen MR) is 98.4 cm³/mol. The minimum Gasteiger partial charge on any atom is -0.376 e. The molecule has 1 atom stereocenters. The van der Waals surface area contributed by atoms with Gasteiger partial charge in [-0.25, -0.2) is 4.52 Å². The molecule has 0 radical (unpaired) electrons. The highest BCUT2D eigenvalue weighted by molar-refractivity contribution is 6.04. The highest BCUT2D eigenvalue weighted by Crippen LogP contribution is 2.27. The number of nitrogens with two attached hydrogens (primary N) is 1. The van der Waals surface area contributed by atoms with Gasteiger partial charge in [0.25, 0.3) is 5.91 Å². The number of carbonyl (C=O) groups is 2. The first-order valence-electron chi connectivity index (χ1n) is 9.45. The highest BCUT2D eigenvalue weighted by Gasteiger charge is 2.24. The molecular weight excluding hydrogens is 348 g/mol. The molecule has 3 N–H and O–H groups in total. The van der Waals surface area contributed by atoms with Crippen molar-refractivity contribution < 1.29 is 19.1 Å². The van der Waals surface area contributed by atoms with Crippen molar-refractivity contribution in [2.45, 2.75) is 38.2 Å². The minimum atomic E-state index is -0.606. The molecule has 27 heavy (non-hydrogen) atoms. The third-order valence-corrected chi connectivity index (χ3v) is 5.26. The first-order chi connectivity index (χ1) is 13.1. The summed E-state index contributed by atoms with van der Waals surface area (Å²) >= 11 is 0. The molecule has 0 spiro atoms. The van der Waals surface area contributed by atoms with Gasteiger partial charge in [-0.05, 0) is 25.0 Å². The number of nitrogens with one attached hydrogen (secondary N) is 1. The molecule has 1 aliphatic heterocycles. The van der Waals surface area contributed by atoms with E-state index in [1.165, 1.54) is 6.42 Å². The van der Waals surface area contributed by atoms with Crippen LogP contribution in [0.4, 0.5) is 5.69 Å². The molecule has 4 rings (SSSR count). The van der Waals surface area contributed by atoms with Crippen molar-refractivity contribution in [1.29, 1.82) is 0 Å². The maximum Gasteiger partial charge on any atom is 0.252 e. The first kappa shape index (κ1) is 17.9. The number of fused-ring (bicyclic) bond motifs is 1. The normalized spacial score (nSPS) is 21.3. The van der Waals surface area contributed by atoms with E-state index in [1.807, 2.05) is 6.07 Å². The molecule has 2 aromatic heterocycles. The lowest BCUT2D eigenvalue weighted by Crippen LogP contribution is -2.26. The van der Waals surface area contributed by atoms with E-state index in [4.69, 9.17) is 15.2 Å². The van der Waals surface area contributed by atoms with Crippen LogP contribution in [-0.4, -0.2) is 41.2 Å². The Morgan fingerprint density at radius 1 is 1.19 bits per heavy atom. The molecule has 2 aliphatic rings. The van der Waals surface area contributed by atoms with Crippen LogP contribution >= 0.6 is 0 Å². The molecule has 8 heteroatoms. The van der Waals surface area contributed by atoms with Gasteiger partial charge in [-0.15, -0.1) is 0 Å². The van der Waals surface area contributed by atoms with Gasteiger partial charge in [-0.2, -0.15) is 5.10 Å². The van der Waals surface area contributed by atoms with Crippen LogP contribution in [0.2, 0.25) is 0 Å². The van der Waals surface area contributed by atoms with Crippen molar-refractivity contribution in [2.24, 2.45) is 11.7 Å². The molecule has 8 nitrogen and oxygen atoms in total. The molecule has 1 saturated carbocycles. The Balaban J connectivity index is 1.63. The van der Waals surface area contributed by atoms with Gasteiger partial charge in [0.15, 0.2) is 0 Å². The van der Waals surface area contributed by atoms with E-state index in [0.717, 1.165) is 36.9 Å². The number of hydrogen-bond acceptors (Lipinski definition) is 5. The molecular formula is C19H24N4O4. The smallest absolute Gasteiger partial charge is 0.252 e. The number of pyridine rings is 1. The first-order valence-corrected chi connectivity index (χ1v) is 9.45. The quantitative estimate of drug-likeness (QED) is 0.854. The zero-order valence-corrected chi connectivity index (χ0v) is 15.1. The van der Waals surface area contributed by atoms with E-state index < -0.39 is 5.91 Å². The van der Waals surface area contributed by atoms with Crippen molar-refractivity contribution >= 4 is 23.0 Å². The SMILES string of the molecule is NC(=O)c1cn2nc(C3COCCO3)cc2cc1NC(=O)C1CCCCC1. The van der Waals surface area contributed by atoms with Crippen molar-refractivity contribution in [3.05, 3.63) is 29.6 Å². The fourth-order valence-corrected chi connectivity index (χ4v) is 3.77. The number of amides is 2. The fourth-order valence-electron chi connectivity index (χ4n) is 3.77. The van der Waals surface area contributed by atoms with E-state index in [2.05, 4.69) is 10.4 Å². The largest absolute Gasteiger partial charge is 0.376 e. The summed E-state index contributed by atoms with van der Waals surface area (Å²) in [5.41, 5.74) is 7.68. The third-order valence-electron chi connectivity index (χ3n) is 5.26. The van der Waals surface area contributed by atoms with Crippen LogP contribution in [0.1, 0.15) is 54.3 Å². The van der Waals surface area contributed by atoms with Crippen LogP contribution in [0, 0.1) is 5.92 Å². The molecule has 2 aromatic rings. The van der Waals surface area contributed by atoms with Gasteiger partial charge in [0.05, 0.1) is 42.3 Å². The maximum atomic E-state index is 12.6. The zero-order chi connectivity index (χ0) is 18.8. The summed E-state index contributed by atoms with van der Waals surface area (Å²) in [5.74, 6) is -0.667. The summed E-state index contributed by atoms with van der Waals surface area (Å²) in [4.78, 5) is 24.5. The van der Waals surface area contributed by atoms with Gasteiger partial charge in [0.2, 0.25) is 5.91 Å². The summed E-state index contributed by atoms with van der Waals surface area (Å²) in [6.45, 7) is 1.54. The Hall–Kier alpha value is -2.45. The maximum absolute atomic E-state index is 12.6. The predicted octanol–water partition coefficient (Wildman–Crippen LogP) is 2.04. The summed E-state index contributed by atoms with van der Waals surface area (Å²) in [5, 5.41) is 7.39.